The highest BCUT2D eigenvalue weighted by atomic mass is 16.2. The summed E-state index contributed by atoms with van der Waals surface area (Å²) in [6.45, 7) is 0. The van der Waals surface area contributed by atoms with E-state index in [1.807, 2.05) is 6.07 Å². The van der Waals surface area contributed by atoms with E-state index in [-0.39, 0.29) is 11.8 Å². The van der Waals surface area contributed by atoms with Crippen LogP contribution in [0.1, 0.15) is 23.6 Å². The molecule has 0 radical (unpaired) electrons. The molecule has 0 aromatic heterocycles. The first-order valence-corrected chi connectivity index (χ1v) is 4.74. The normalized spacial score (nSPS) is 29.7. The molecule has 1 amide bonds. The summed E-state index contributed by atoms with van der Waals surface area (Å²) in [4.78, 5) is 11.2. The number of benzene rings is 1. The van der Waals surface area contributed by atoms with Crippen molar-refractivity contribution in [2.45, 2.75) is 18.9 Å². The summed E-state index contributed by atoms with van der Waals surface area (Å²) in [6.07, 6.45) is 2.08. The molecule has 2 unspecified atom stereocenters. The minimum absolute atomic E-state index is 0.236. The predicted octanol–water partition coefficient (Wildman–Crippen LogP) is 1.42. The molecule has 2 heteroatoms. The average molecular weight is 173 g/mol. The number of hydrogen-bond donors (Lipinski definition) is 1. The Balaban J connectivity index is 2.05. The van der Waals surface area contributed by atoms with Crippen molar-refractivity contribution in [3.63, 3.8) is 0 Å². The van der Waals surface area contributed by atoms with Crippen molar-refractivity contribution in [2.24, 2.45) is 5.92 Å². The van der Waals surface area contributed by atoms with Gasteiger partial charge in [0.1, 0.15) is 0 Å². The van der Waals surface area contributed by atoms with Crippen molar-refractivity contribution >= 4 is 5.91 Å². The Morgan fingerprint density at radius 1 is 1.31 bits per heavy atom. The lowest BCUT2D eigenvalue weighted by Crippen LogP contribution is -2.53. The lowest BCUT2D eigenvalue weighted by Gasteiger charge is -2.41. The third kappa shape index (κ3) is 0.857. The molecule has 1 aromatic rings. The van der Waals surface area contributed by atoms with Gasteiger partial charge in [0.05, 0.1) is 12.0 Å². The Morgan fingerprint density at radius 3 is 3.00 bits per heavy atom. The smallest absolute Gasteiger partial charge is 0.226 e. The second-order valence-corrected chi connectivity index (χ2v) is 3.83. The number of rotatable bonds is 0. The maximum Gasteiger partial charge on any atom is 0.226 e. The Labute approximate surface area is 77.0 Å². The van der Waals surface area contributed by atoms with Gasteiger partial charge in [-0.3, -0.25) is 4.79 Å². The summed E-state index contributed by atoms with van der Waals surface area (Å²) < 4.78 is 0. The minimum atomic E-state index is 0.236. The number of amides is 1. The van der Waals surface area contributed by atoms with E-state index < -0.39 is 0 Å². The number of fused-ring (bicyclic) bond motifs is 3. The summed E-state index contributed by atoms with van der Waals surface area (Å²) in [5.41, 5.74) is 2.74. The largest absolute Gasteiger partial charge is 0.348 e. The zero-order chi connectivity index (χ0) is 8.84. The minimum Gasteiger partial charge on any atom is -0.348 e. The molecule has 1 heterocycles. The highest BCUT2D eigenvalue weighted by molar-refractivity contribution is 5.87. The summed E-state index contributed by atoms with van der Waals surface area (Å²) in [5.74, 6) is 0.495. The summed E-state index contributed by atoms with van der Waals surface area (Å²) in [5, 5.41) is 2.96. The molecule has 1 aliphatic heterocycles. The monoisotopic (exact) mass is 173 g/mol. The van der Waals surface area contributed by atoms with E-state index in [2.05, 4.69) is 23.5 Å². The zero-order valence-corrected chi connectivity index (χ0v) is 7.29. The van der Waals surface area contributed by atoms with Crippen molar-refractivity contribution in [3.8, 4) is 0 Å². The Morgan fingerprint density at radius 2 is 2.15 bits per heavy atom. The Kier molecular flexibility index (Phi) is 1.29. The third-order valence-electron chi connectivity index (χ3n) is 3.15. The molecule has 1 aliphatic carbocycles. The second-order valence-electron chi connectivity index (χ2n) is 3.83. The molecule has 1 saturated heterocycles. The number of carbonyl (C=O) groups excluding carboxylic acids is 1. The molecule has 1 fully saturated rings. The molecule has 1 aromatic carbocycles. The van der Waals surface area contributed by atoms with E-state index in [4.69, 9.17) is 0 Å². The first kappa shape index (κ1) is 7.13. The van der Waals surface area contributed by atoms with Gasteiger partial charge in [0.2, 0.25) is 5.91 Å². The van der Waals surface area contributed by atoms with Gasteiger partial charge in [0.15, 0.2) is 0 Å². The molecule has 1 N–H and O–H groups in total. The quantitative estimate of drug-likeness (QED) is 0.591. The zero-order valence-electron chi connectivity index (χ0n) is 7.29. The summed E-state index contributed by atoms with van der Waals surface area (Å²) >= 11 is 0. The SMILES string of the molecule is O=C1NC2c3ccccc3CCC12. The molecule has 0 saturated carbocycles. The standard InChI is InChI=1S/C11H11NO/c13-11-9-6-5-7-3-1-2-4-8(7)10(9)12-11/h1-4,9-10H,5-6H2,(H,12,13). The van der Waals surface area contributed by atoms with Crippen LogP contribution in [0.15, 0.2) is 24.3 Å². The van der Waals surface area contributed by atoms with E-state index >= 15 is 0 Å². The van der Waals surface area contributed by atoms with E-state index in [1.165, 1.54) is 11.1 Å². The molecular weight excluding hydrogens is 162 g/mol. The summed E-state index contributed by atoms with van der Waals surface area (Å²) in [7, 11) is 0. The van der Waals surface area contributed by atoms with Gasteiger partial charge >= 0.3 is 0 Å². The molecule has 2 atom stereocenters. The van der Waals surface area contributed by atoms with E-state index in [0.29, 0.717) is 6.04 Å². The lowest BCUT2D eigenvalue weighted by atomic mass is 9.74. The van der Waals surface area contributed by atoms with Gasteiger partial charge in [-0.1, -0.05) is 24.3 Å². The molecule has 3 rings (SSSR count). The van der Waals surface area contributed by atoms with E-state index in [1.54, 1.807) is 0 Å². The maximum absolute atomic E-state index is 11.2. The average Bonchev–Trinajstić information content (AvgIpc) is 2.16. The van der Waals surface area contributed by atoms with Gasteiger partial charge < -0.3 is 5.32 Å². The van der Waals surface area contributed by atoms with Gasteiger partial charge in [0.25, 0.3) is 0 Å². The van der Waals surface area contributed by atoms with Crippen LogP contribution < -0.4 is 5.32 Å². The van der Waals surface area contributed by atoms with Crippen LogP contribution >= 0.6 is 0 Å². The van der Waals surface area contributed by atoms with Crippen LogP contribution in [-0.2, 0) is 11.2 Å². The second kappa shape index (κ2) is 2.34. The van der Waals surface area contributed by atoms with E-state index in [9.17, 15) is 4.79 Å². The number of β-lactam (4-membered cyclic amide) rings is 1. The Hall–Kier alpha value is -1.31. The fraction of sp³-hybridized carbons (Fsp3) is 0.364. The fourth-order valence-corrected chi connectivity index (χ4v) is 2.38. The molecule has 0 spiro atoms. The highest BCUT2D eigenvalue weighted by Gasteiger charge is 2.42. The van der Waals surface area contributed by atoms with Gasteiger partial charge in [-0.2, -0.15) is 0 Å². The van der Waals surface area contributed by atoms with Crippen molar-refractivity contribution in [1.29, 1.82) is 0 Å². The molecule has 66 valence electrons. The van der Waals surface area contributed by atoms with Gasteiger partial charge in [0, 0.05) is 0 Å². The number of aryl methyl sites for hydroxylation is 1. The fourth-order valence-electron chi connectivity index (χ4n) is 2.38. The molecule has 2 nitrogen and oxygen atoms in total. The first-order valence-electron chi connectivity index (χ1n) is 4.74. The van der Waals surface area contributed by atoms with Crippen molar-refractivity contribution in [2.75, 3.05) is 0 Å². The van der Waals surface area contributed by atoms with Crippen LogP contribution in [-0.4, -0.2) is 5.91 Å². The third-order valence-corrected chi connectivity index (χ3v) is 3.15. The molecule has 13 heavy (non-hydrogen) atoms. The highest BCUT2D eigenvalue weighted by Crippen LogP contribution is 2.39. The lowest BCUT2D eigenvalue weighted by molar-refractivity contribution is -0.136. The number of hydrogen-bond acceptors (Lipinski definition) is 1. The van der Waals surface area contributed by atoms with Gasteiger partial charge in [-0.15, -0.1) is 0 Å². The number of carbonyl (C=O) groups is 1. The predicted molar refractivity (Wildman–Crippen MR) is 49.1 cm³/mol. The van der Waals surface area contributed by atoms with E-state index in [0.717, 1.165) is 12.8 Å². The molecule has 2 aliphatic rings. The van der Waals surface area contributed by atoms with Crippen molar-refractivity contribution in [1.82, 2.24) is 5.32 Å². The van der Waals surface area contributed by atoms with Crippen LogP contribution in [0.25, 0.3) is 0 Å². The topological polar surface area (TPSA) is 29.1 Å². The summed E-state index contributed by atoms with van der Waals surface area (Å²) in [6, 6.07) is 8.73. The molecular formula is C11H11NO. The number of nitrogens with one attached hydrogen (secondary N) is 1. The first-order chi connectivity index (χ1) is 6.36. The van der Waals surface area contributed by atoms with Gasteiger partial charge in [-0.05, 0) is 24.0 Å². The maximum atomic E-state index is 11.2. The van der Waals surface area contributed by atoms with Crippen LogP contribution in [0, 0.1) is 5.92 Å². The Bertz CT molecular complexity index is 372. The van der Waals surface area contributed by atoms with Crippen molar-refractivity contribution < 1.29 is 4.79 Å². The van der Waals surface area contributed by atoms with Crippen LogP contribution in [0.4, 0.5) is 0 Å². The van der Waals surface area contributed by atoms with Crippen LogP contribution in [0.5, 0.6) is 0 Å². The molecule has 0 bridgehead atoms. The van der Waals surface area contributed by atoms with Gasteiger partial charge in [-0.25, -0.2) is 0 Å². The van der Waals surface area contributed by atoms with Crippen molar-refractivity contribution in [3.05, 3.63) is 35.4 Å². The van der Waals surface area contributed by atoms with Crippen LogP contribution in [0.3, 0.4) is 0 Å². The van der Waals surface area contributed by atoms with Crippen LogP contribution in [0.2, 0.25) is 0 Å².